The molecule has 0 aliphatic heterocycles. The second-order valence-electron chi connectivity index (χ2n) is 16.6. The highest BCUT2D eigenvalue weighted by atomic mass is 32.1. The molecule has 0 saturated heterocycles. The summed E-state index contributed by atoms with van der Waals surface area (Å²) in [5.74, 6) is 0. The van der Waals surface area contributed by atoms with Crippen molar-refractivity contribution < 1.29 is 0 Å². The summed E-state index contributed by atoms with van der Waals surface area (Å²) in [6.07, 6.45) is 18.2. The number of hydrogen-bond acceptors (Lipinski definition) is 2. The average molecular weight is 798 g/mol. The third kappa shape index (κ3) is 5.74. The van der Waals surface area contributed by atoms with Gasteiger partial charge in [0.15, 0.2) is 0 Å². The number of allylic oxidation sites excluding steroid dienone is 2. The zero-order valence-corrected chi connectivity index (χ0v) is 34.7. The van der Waals surface area contributed by atoms with Crippen LogP contribution in [0.3, 0.4) is 0 Å². The first-order valence-corrected chi connectivity index (χ1v) is 22.4. The molecule has 3 aliphatic rings. The monoisotopic (exact) mass is 797 g/mol. The number of thiophene rings is 1. The fraction of sp³-hybridized carbons (Fsp3) is 0.0847. The van der Waals surface area contributed by atoms with E-state index in [4.69, 9.17) is 0 Å². The number of rotatable bonds is 7. The fourth-order valence-corrected chi connectivity index (χ4v) is 11.8. The fourth-order valence-electron chi connectivity index (χ4n) is 10.6. The lowest BCUT2D eigenvalue weighted by atomic mass is 9.67. The minimum atomic E-state index is -0.407. The van der Waals surface area contributed by atoms with Gasteiger partial charge in [-0.15, -0.1) is 11.3 Å². The van der Waals surface area contributed by atoms with Gasteiger partial charge in [0.25, 0.3) is 0 Å². The van der Waals surface area contributed by atoms with Crippen molar-refractivity contribution >= 4 is 72.9 Å². The van der Waals surface area contributed by atoms with Gasteiger partial charge in [-0.05, 0) is 117 Å². The van der Waals surface area contributed by atoms with Gasteiger partial charge in [0.1, 0.15) is 0 Å². The SMILES string of the molecule is C1=Cc2c(cccc2N(c2ccc3c(c2)sc2cc(/C=C/c4cccc5c4-c4ccccc4C5(c4ccccc4)c4ccccc4)ccc23)c2cccc3c2CCC=C3)CC1. The summed E-state index contributed by atoms with van der Waals surface area (Å²) in [6, 6.07) is 65.7. The maximum Gasteiger partial charge on any atom is 0.0713 e. The van der Waals surface area contributed by atoms with Gasteiger partial charge in [-0.2, -0.15) is 0 Å². The molecule has 0 unspecified atom stereocenters. The van der Waals surface area contributed by atoms with Crippen molar-refractivity contribution in [2.75, 3.05) is 4.90 Å². The lowest BCUT2D eigenvalue weighted by Crippen LogP contribution is -2.28. The smallest absolute Gasteiger partial charge is 0.0713 e. The number of anilines is 3. The largest absolute Gasteiger partial charge is 0.310 e. The van der Waals surface area contributed by atoms with Crippen LogP contribution in [0.25, 0.3) is 55.6 Å². The third-order valence-corrected chi connectivity index (χ3v) is 14.4. The van der Waals surface area contributed by atoms with E-state index in [-0.39, 0.29) is 0 Å². The van der Waals surface area contributed by atoms with Crippen LogP contribution in [0.4, 0.5) is 17.1 Å². The van der Waals surface area contributed by atoms with Crippen molar-refractivity contribution in [3.8, 4) is 11.1 Å². The van der Waals surface area contributed by atoms with Crippen LogP contribution >= 0.6 is 11.3 Å². The Bertz CT molecular complexity index is 3210. The van der Waals surface area contributed by atoms with Gasteiger partial charge in [0.05, 0.1) is 11.1 Å². The predicted molar refractivity (Wildman–Crippen MR) is 261 cm³/mol. The van der Waals surface area contributed by atoms with E-state index in [2.05, 4.69) is 217 Å². The molecular formula is C59H43NS. The molecule has 0 amide bonds. The van der Waals surface area contributed by atoms with Gasteiger partial charge in [-0.25, -0.2) is 0 Å². The Labute approximate surface area is 361 Å². The Morgan fingerprint density at radius 1 is 0.525 bits per heavy atom. The highest BCUT2D eigenvalue weighted by Crippen LogP contribution is 2.57. The molecule has 12 rings (SSSR count). The van der Waals surface area contributed by atoms with E-state index in [0.29, 0.717) is 0 Å². The first-order chi connectivity index (χ1) is 30.3. The van der Waals surface area contributed by atoms with Crippen LogP contribution in [0.15, 0.2) is 188 Å². The van der Waals surface area contributed by atoms with E-state index in [0.717, 1.165) is 25.7 Å². The van der Waals surface area contributed by atoms with Gasteiger partial charge in [0, 0.05) is 37.1 Å². The van der Waals surface area contributed by atoms with Crippen LogP contribution in [-0.2, 0) is 18.3 Å². The number of hydrogen-bond donors (Lipinski definition) is 0. The minimum Gasteiger partial charge on any atom is -0.310 e. The van der Waals surface area contributed by atoms with Crippen LogP contribution in [0.5, 0.6) is 0 Å². The molecule has 8 aromatic carbocycles. The van der Waals surface area contributed by atoms with Crippen molar-refractivity contribution in [2.24, 2.45) is 0 Å². The van der Waals surface area contributed by atoms with Crippen molar-refractivity contribution in [3.05, 3.63) is 244 Å². The Morgan fingerprint density at radius 2 is 1.21 bits per heavy atom. The average Bonchev–Trinajstić information content (AvgIpc) is 3.85. The van der Waals surface area contributed by atoms with Crippen molar-refractivity contribution in [3.63, 3.8) is 0 Å². The maximum absolute atomic E-state index is 2.53. The van der Waals surface area contributed by atoms with Crippen molar-refractivity contribution in [1.29, 1.82) is 0 Å². The van der Waals surface area contributed by atoms with E-state index in [1.165, 1.54) is 104 Å². The van der Waals surface area contributed by atoms with Crippen molar-refractivity contribution in [2.45, 2.75) is 31.1 Å². The Kier molecular flexibility index (Phi) is 8.61. The third-order valence-electron chi connectivity index (χ3n) is 13.3. The Hall–Kier alpha value is -7.00. The molecular weight excluding hydrogens is 755 g/mol. The van der Waals surface area contributed by atoms with Crippen LogP contribution in [0.1, 0.15) is 68.5 Å². The molecule has 0 spiro atoms. The topological polar surface area (TPSA) is 3.24 Å². The molecule has 0 bridgehead atoms. The summed E-state index contributed by atoms with van der Waals surface area (Å²) in [6.45, 7) is 0. The molecule has 1 nitrogen and oxygen atoms in total. The zero-order chi connectivity index (χ0) is 40.3. The number of aryl methyl sites for hydroxylation is 1. The molecule has 0 saturated carbocycles. The van der Waals surface area contributed by atoms with Crippen LogP contribution in [-0.4, -0.2) is 0 Å². The van der Waals surface area contributed by atoms with Crippen LogP contribution in [0.2, 0.25) is 0 Å². The molecule has 2 heteroatoms. The number of nitrogens with zero attached hydrogens (tertiary/aromatic N) is 1. The molecule has 0 N–H and O–H groups in total. The molecule has 1 heterocycles. The molecule has 290 valence electrons. The molecule has 0 radical (unpaired) electrons. The summed E-state index contributed by atoms with van der Waals surface area (Å²) < 4.78 is 2.61. The molecule has 0 atom stereocenters. The molecule has 61 heavy (non-hydrogen) atoms. The summed E-state index contributed by atoms with van der Waals surface area (Å²) in [5, 5.41) is 2.62. The van der Waals surface area contributed by atoms with Crippen molar-refractivity contribution in [1.82, 2.24) is 0 Å². The lowest BCUT2D eigenvalue weighted by molar-refractivity contribution is 0.768. The highest BCUT2D eigenvalue weighted by molar-refractivity contribution is 7.25. The standard InChI is InChI=1S/C59H43NS/c1-3-21-44(22-4-1)59(45-23-5-2-6-24-45)52-28-12-11-27-51(52)58-43(20-13-29-53(58)59)34-32-40-33-36-49-50-37-35-46(39-57(50)61-56(49)38-40)60(54-30-14-18-41-16-7-9-25-47(41)54)55-31-15-19-42-17-8-10-26-48(42)55/h1-7,10-16,18-24,26-39H,8-9,17,25H2/b34-32+. The summed E-state index contributed by atoms with van der Waals surface area (Å²) in [5.41, 5.74) is 19.1. The maximum atomic E-state index is 2.53. The summed E-state index contributed by atoms with van der Waals surface area (Å²) in [7, 11) is 0. The van der Waals surface area contributed by atoms with Crippen LogP contribution in [0, 0.1) is 0 Å². The predicted octanol–water partition coefficient (Wildman–Crippen LogP) is 16.0. The molecule has 9 aromatic rings. The van der Waals surface area contributed by atoms with E-state index in [1.807, 2.05) is 11.3 Å². The van der Waals surface area contributed by atoms with Crippen LogP contribution < -0.4 is 4.90 Å². The Morgan fingerprint density at radius 3 is 2.07 bits per heavy atom. The quantitative estimate of drug-likeness (QED) is 0.145. The van der Waals surface area contributed by atoms with Gasteiger partial charge in [-0.1, -0.05) is 182 Å². The molecule has 3 aliphatic carbocycles. The second kappa shape index (κ2) is 14.6. The van der Waals surface area contributed by atoms with E-state index < -0.39 is 5.41 Å². The summed E-state index contributed by atoms with van der Waals surface area (Å²) in [4.78, 5) is 2.53. The van der Waals surface area contributed by atoms with Gasteiger partial charge < -0.3 is 4.90 Å². The first-order valence-electron chi connectivity index (χ1n) is 21.6. The van der Waals surface area contributed by atoms with Gasteiger partial charge in [-0.3, -0.25) is 0 Å². The van der Waals surface area contributed by atoms with E-state index >= 15 is 0 Å². The lowest BCUT2D eigenvalue weighted by Gasteiger charge is -2.33. The first kappa shape index (κ1) is 35.9. The van der Waals surface area contributed by atoms with E-state index in [9.17, 15) is 0 Å². The van der Waals surface area contributed by atoms with Gasteiger partial charge in [0.2, 0.25) is 0 Å². The van der Waals surface area contributed by atoms with Gasteiger partial charge >= 0.3 is 0 Å². The number of benzene rings is 8. The molecule has 1 aromatic heterocycles. The number of fused-ring (bicyclic) bond motifs is 8. The normalized spacial score (nSPS) is 14.6. The second-order valence-corrected chi connectivity index (χ2v) is 17.7. The zero-order valence-electron chi connectivity index (χ0n) is 33.9. The molecule has 0 fully saturated rings. The summed E-state index contributed by atoms with van der Waals surface area (Å²) >= 11 is 1.90. The van der Waals surface area contributed by atoms with E-state index in [1.54, 1.807) is 0 Å². The minimum absolute atomic E-state index is 0.407. The highest BCUT2D eigenvalue weighted by Gasteiger charge is 2.46. The Balaban J connectivity index is 0.955.